The smallest absolute Gasteiger partial charge is 0.234 e. The fourth-order valence-electron chi connectivity index (χ4n) is 2.80. The first-order valence-corrected chi connectivity index (χ1v) is 6.80. The van der Waals surface area contributed by atoms with Gasteiger partial charge in [0.25, 0.3) is 0 Å². The summed E-state index contributed by atoms with van der Waals surface area (Å²) in [5.41, 5.74) is 0. The molecule has 1 amide bonds. The Morgan fingerprint density at radius 2 is 1.94 bits per heavy atom. The number of hydrogen-bond donors (Lipinski definition) is 2. The summed E-state index contributed by atoms with van der Waals surface area (Å²) < 4.78 is 0. The van der Waals surface area contributed by atoms with Gasteiger partial charge in [-0.2, -0.15) is 0 Å². The molecule has 2 aliphatic rings. The van der Waals surface area contributed by atoms with Crippen LogP contribution in [0.4, 0.5) is 0 Å². The highest BCUT2D eigenvalue weighted by molar-refractivity contribution is 5.78. The van der Waals surface area contributed by atoms with Crippen LogP contribution in [0.1, 0.15) is 32.6 Å². The molecule has 0 bridgehead atoms. The van der Waals surface area contributed by atoms with Crippen LogP contribution in [0, 0.1) is 11.8 Å². The molecule has 4 nitrogen and oxygen atoms in total. The standard InChI is InChI=1S/C13H24N2O2/c1-10-2-4-12(5-3-10)14-13(17)8-15-6-11(7-15)9-16/h10-12,16H,2-9H2,1H3,(H,14,17). The van der Waals surface area contributed by atoms with Gasteiger partial charge in [-0.05, 0) is 31.6 Å². The Labute approximate surface area is 103 Å². The van der Waals surface area contributed by atoms with Crippen LogP contribution in [0.5, 0.6) is 0 Å². The number of hydrogen-bond acceptors (Lipinski definition) is 3. The number of amides is 1. The van der Waals surface area contributed by atoms with E-state index in [9.17, 15) is 4.79 Å². The zero-order chi connectivity index (χ0) is 12.3. The first-order valence-electron chi connectivity index (χ1n) is 6.80. The molecule has 0 aromatic carbocycles. The predicted octanol–water partition coefficient (Wildman–Crippen LogP) is 0.605. The van der Waals surface area contributed by atoms with Crippen molar-refractivity contribution in [1.82, 2.24) is 10.2 Å². The second-order valence-corrected chi connectivity index (χ2v) is 5.77. The molecule has 2 fully saturated rings. The van der Waals surface area contributed by atoms with Crippen molar-refractivity contribution in [2.75, 3.05) is 26.2 Å². The van der Waals surface area contributed by atoms with Crippen molar-refractivity contribution >= 4 is 5.91 Å². The molecular formula is C13H24N2O2. The lowest BCUT2D eigenvalue weighted by atomic mass is 9.87. The van der Waals surface area contributed by atoms with E-state index in [2.05, 4.69) is 17.1 Å². The molecule has 1 aliphatic carbocycles. The highest BCUT2D eigenvalue weighted by Crippen LogP contribution is 2.23. The van der Waals surface area contributed by atoms with Crippen LogP contribution in [0.25, 0.3) is 0 Å². The maximum absolute atomic E-state index is 11.8. The van der Waals surface area contributed by atoms with Crippen LogP contribution in [-0.4, -0.2) is 48.2 Å². The number of nitrogens with zero attached hydrogens (tertiary/aromatic N) is 1. The second-order valence-electron chi connectivity index (χ2n) is 5.77. The molecule has 0 radical (unpaired) electrons. The molecule has 0 unspecified atom stereocenters. The van der Waals surface area contributed by atoms with Gasteiger partial charge in [-0.1, -0.05) is 6.92 Å². The lowest BCUT2D eigenvalue weighted by Crippen LogP contribution is -2.53. The summed E-state index contributed by atoms with van der Waals surface area (Å²) in [5, 5.41) is 12.0. The molecule has 2 rings (SSSR count). The fourth-order valence-corrected chi connectivity index (χ4v) is 2.80. The van der Waals surface area contributed by atoms with E-state index >= 15 is 0 Å². The molecular weight excluding hydrogens is 216 g/mol. The van der Waals surface area contributed by atoms with E-state index in [0.29, 0.717) is 18.5 Å². The summed E-state index contributed by atoms with van der Waals surface area (Å²) in [4.78, 5) is 13.9. The third kappa shape index (κ3) is 3.68. The largest absolute Gasteiger partial charge is 0.396 e. The maximum atomic E-state index is 11.8. The van der Waals surface area contributed by atoms with Crippen LogP contribution in [0.15, 0.2) is 0 Å². The summed E-state index contributed by atoms with van der Waals surface area (Å²) >= 11 is 0. The zero-order valence-corrected chi connectivity index (χ0v) is 10.7. The summed E-state index contributed by atoms with van der Waals surface area (Å²) in [7, 11) is 0. The first-order chi connectivity index (χ1) is 8.17. The third-order valence-electron chi connectivity index (χ3n) is 4.04. The van der Waals surface area contributed by atoms with Gasteiger partial charge in [0.05, 0.1) is 6.54 Å². The van der Waals surface area contributed by atoms with E-state index < -0.39 is 0 Å². The highest BCUT2D eigenvalue weighted by atomic mass is 16.3. The van der Waals surface area contributed by atoms with Crippen molar-refractivity contribution in [1.29, 1.82) is 0 Å². The number of carbonyl (C=O) groups excluding carboxylic acids is 1. The topological polar surface area (TPSA) is 52.6 Å². The molecule has 0 aromatic rings. The molecule has 1 saturated heterocycles. The average Bonchev–Trinajstić information content (AvgIpc) is 2.26. The molecule has 0 aromatic heterocycles. The van der Waals surface area contributed by atoms with Crippen LogP contribution in [0.3, 0.4) is 0 Å². The van der Waals surface area contributed by atoms with Gasteiger partial charge >= 0.3 is 0 Å². The van der Waals surface area contributed by atoms with Crippen LogP contribution < -0.4 is 5.32 Å². The first kappa shape index (κ1) is 12.8. The highest BCUT2D eigenvalue weighted by Gasteiger charge is 2.28. The average molecular weight is 240 g/mol. The fraction of sp³-hybridized carbons (Fsp3) is 0.923. The Morgan fingerprint density at radius 1 is 1.29 bits per heavy atom. The Kier molecular flexibility index (Phi) is 4.40. The molecule has 1 aliphatic heterocycles. The molecule has 2 N–H and O–H groups in total. The van der Waals surface area contributed by atoms with E-state index in [4.69, 9.17) is 5.11 Å². The molecule has 17 heavy (non-hydrogen) atoms. The van der Waals surface area contributed by atoms with E-state index in [1.807, 2.05) is 0 Å². The minimum Gasteiger partial charge on any atom is -0.396 e. The molecule has 0 atom stereocenters. The Hall–Kier alpha value is -0.610. The summed E-state index contributed by atoms with van der Waals surface area (Å²) in [5.74, 6) is 1.36. The van der Waals surface area contributed by atoms with E-state index in [1.165, 1.54) is 12.8 Å². The number of likely N-dealkylation sites (tertiary alicyclic amines) is 1. The van der Waals surface area contributed by atoms with Crippen molar-refractivity contribution in [2.45, 2.75) is 38.6 Å². The molecule has 1 heterocycles. The number of rotatable bonds is 4. The van der Waals surface area contributed by atoms with Crippen molar-refractivity contribution < 1.29 is 9.90 Å². The molecule has 4 heteroatoms. The van der Waals surface area contributed by atoms with Crippen molar-refractivity contribution in [2.24, 2.45) is 11.8 Å². The van der Waals surface area contributed by atoms with Gasteiger partial charge in [0.2, 0.25) is 5.91 Å². The van der Waals surface area contributed by atoms with Gasteiger partial charge in [0.15, 0.2) is 0 Å². The Balaban J connectivity index is 1.61. The minimum absolute atomic E-state index is 0.154. The summed E-state index contributed by atoms with van der Waals surface area (Å²) in [6.07, 6.45) is 4.74. The quantitative estimate of drug-likeness (QED) is 0.757. The van der Waals surface area contributed by atoms with E-state index in [1.54, 1.807) is 0 Å². The lowest BCUT2D eigenvalue weighted by Gasteiger charge is -2.38. The monoisotopic (exact) mass is 240 g/mol. The summed E-state index contributed by atoms with van der Waals surface area (Å²) in [6, 6.07) is 0.397. The Morgan fingerprint density at radius 3 is 2.53 bits per heavy atom. The van der Waals surface area contributed by atoms with Gasteiger partial charge in [-0.15, -0.1) is 0 Å². The Bertz CT molecular complexity index is 256. The van der Waals surface area contributed by atoms with Crippen molar-refractivity contribution in [3.63, 3.8) is 0 Å². The van der Waals surface area contributed by atoms with Gasteiger partial charge in [0, 0.05) is 31.7 Å². The van der Waals surface area contributed by atoms with Gasteiger partial charge in [-0.25, -0.2) is 0 Å². The second kappa shape index (κ2) is 5.83. The third-order valence-corrected chi connectivity index (χ3v) is 4.04. The normalized spacial score (nSPS) is 30.9. The predicted molar refractivity (Wildman–Crippen MR) is 66.6 cm³/mol. The van der Waals surface area contributed by atoms with Gasteiger partial charge in [0.1, 0.15) is 0 Å². The summed E-state index contributed by atoms with van der Waals surface area (Å²) in [6.45, 7) is 4.77. The van der Waals surface area contributed by atoms with E-state index in [0.717, 1.165) is 31.8 Å². The lowest BCUT2D eigenvalue weighted by molar-refractivity contribution is -0.125. The molecule has 1 saturated carbocycles. The van der Waals surface area contributed by atoms with Gasteiger partial charge in [-0.3, -0.25) is 9.69 Å². The number of aliphatic hydroxyl groups excluding tert-OH is 1. The van der Waals surface area contributed by atoms with Crippen molar-refractivity contribution in [3.05, 3.63) is 0 Å². The molecule has 98 valence electrons. The minimum atomic E-state index is 0.154. The van der Waals surface area contributed by atoms with E-state index in [-0.39, 0.29) is 12.5 Å². The van der Waals surface area contributed by atoms with Crippen LogP contribution >= 0.6 is 0 Å². The van der Waals surface area contributed by atoms with Crippen LogP contribution in [-0.2, 0) is 4.79 Å². The zero-order valence-electron chi connectivity index (χ0n) is 10.7. The number of carbonyl (C=O) groups is 1. The number of aliphatic hydroxyl groups is 1. The van der Waals surface area contributed by atoms with Gasteiger partial charge < -0.3 is 10.4 Å². The van der Waals surface area contributed by atoms with Crippen LogP contribution in [0.2, 0.25) is 0 Å². The SMILES string of the molecule is CC1CCC(NC(=O)CN2CC(CO)C2)CC1. The van der Waals surface area contributed by atoms with Crippen molar-refractivity contribution in [3.8, 4) is 0 Å². The number of nitrogens with one attached hydrogen (secondary N) is 1. The maximum Gasteiger partial charge on any atom is 0.234 e. The molecule has 0 spiro atoms.